The Morgan fingerprint density at radius 2 is 2.16 bits per heavy atom. The van der Waals surface area contributed by atoms with Gasteiger partial charge in [0.2, 0.25) is 5.16 Å². The summed E-state index contributed by atoms with van der Waals surface area (Å²) in [5.74, 6) is 0. The molecule has 2 heterocycles. The minimum absolute atomic E-state index is 0.467. The zero-order valence-electron chi connectivity index (χ0n) is 14.9. The number of hydrogen-bond acceptors (Lipinski definition) is 3. The van der Waals surface area contributed by atoms with E-state index in [1.54, 1.807) is 0 Å². The Bertz CT molecular complexity index is 963. The molecule has 0 bridgehead atoms. The molecule has 3 aromatic rings. The first kappa shape index (κ1) is 16.3. The van der Waals surface area contributed by atoms with E-state index in [1.807, 2.05) is 37.3 Å². The molecule has 0 saturated carbocycles. The number of aryl methyl sites for hydroxylation is 2. The van der Waals surface area contributed by atoms with Gasteiger partial charge in [0, 0.05) is 12.6 Å². The van der Waals surface area contributed by atoms with E-state index >= 15 is 0 Å². The van der Waals surface area contributed by atoms with E-state index in [4.69, 9.17) is 0 Å². The normalized spacial score (nSPS) is 18.4. The highest BCUT2D eigenvalue weighted by atomic mass is 32.2. The predicted octanol–water partition coefficient (Wildman–Crippen LogP) is 4.20. The summed E-state index contributed by atoms with van der Waals surface area (Å²) in [7, 11) is -1.32. The molecule has 4 rings (SSSR count). The first-order valence-corrected chi connectivity index (χ1v) is 10.00. The van der Waals surface area contributed by atoms with E-state index in [-0.39, 0.29) is 0 Å². The fraction of sp³-hybridized carbons (Fsp3) is 0.350. The zero-order chi connectivity index (χ0) is 17.6. The summed E-state index contributed by atoms with van der Waals surface area (Å²) >= 11 is 0. The Hall–Kier alpha value is -2.14. The predicted molar refractivity (Wildman–Crippen MR) is 103 cm³/mol. The minimum Gasteiger partial charge on any atom is -0.368 e. The van der Waals surface area contributed by atoms with Crippen LogP contribution in [0.4, 0.5) is 5.69 Å². The van der Waals surface area contributed by atoms with Gasteiger partial charge in [-0.1, -0.05) is 18.2 Å². The maximum atomic E-state index is 13.3. The quantitative estimate of drug-likeness (QED) is 0.768. The topological polar surface area (TPSA) is 49.0 Å². The lowest BCUT2D eigenvalue weighted by molar-refractivity contribution is 0.567. The van der Waals surface area contributed by atoms with Gasteiger partial charge in [0.15, 0.2) is 0 Å². The Morgan fingerprint density at radius 3 is 2.96 bits per heavy atom. The second kappa shape index (κ2) is 6.30. The van der Waals surface area contributed by atoms with Gasteiger partial charge < -0.3 is 9.88 Å². The molecule has 0 fully saturated rings. The van der Waals surface area contributed by atoms with Crippen molar-refractivity contribution >= 4 is 27.5 Å². The van der Waals surface area contributed by atoms with Crippen LogP contribution in [0.25, 0.3) is 11.0 Å². The number of H-pyrrole nitrogens is 1. The lowest BCUT2D eigenvalue weighted by Crippen LogP contribution is -2.37. The van der Waals surface area contributed by atoms with Crippen molar-refractivity contribution in [2.75, 3.05) is 11.4 Å². The molecule has 2 aromatic carbocycles. The number of anilines is 1. The number of benzene rings is 2. The molecule has 4 nitrogen and oxygen atoms in total. The summed E-state index contributed by atoms with van der Waals surface area (Å²) < 4.78 is 13.3. The summed E-state index contributed by atoms with van der Waals surface area (Å²) in [5, 5.41) is 0.531. The number of imidazole rings is 1. The van der Waals surface area contributed by atoms with Gasteiger partial charge in [-0.05, 0) is 62.9 Å². The third kappa shape index (κ3) is 2.76. The van der Waals surface area contributed by atoms with Crippen molar-refractivity contribution in [2.24, 2.45) is 0 Å². The van der Waals surface area contributed by atoms with Crippen LogP contribution >= 0.6 is 0 Å². The number of nitrogens with one attached hydrogen (secondary N) is 1. The minimum atomic E-state index is -1.32. The second-order valence-electron chi connectivity index (χ2n) is 6.77. The Labute approximate surface area is 150 Å². The summed E-state index contributed by atoms with van der Waals surface area (Å²) in [4.78, 5) is 11.1. The number of para-hydroxylation sites is 1. The van der Waals surface area contributed by atoms with Crippen LogP contribution in [0.3, 0.4) is 0 Å². The Balaban J connectivity index is 1.82. The number of fused-ring (bicyclic) bond motifs is 2. The van der Waals surface area contributed by atoms with Crippen molar-refractivity contribution in [3.05, 3.63) is 47.5 Å². The number of nitrogens with zero attached hydrogens (tertiary/aromatic N) is 2. The molecule has 0 spiro atoms. The Morgan fingerprint density at radius 1 is 1.32 bits per heavy atom. The standard InChI is InChI=1S/C20H23N3OS/c1-4-23-14(3)9-10-15-6-5-7-18(19(15)23)25(24)20-21-16-11-8-13(2)12-17(16)22-20/h5-8,11-12,14H,4,9-10H2,1-3H3,(H,21,22). The fourth-order valence-corrected chi connectivity index (χ4v) is 4.97. The van der Waals surface area contributed by atoms with Crippen LogP contribution in [-0.2, 0) is 17.2 Å². The van der Waals surface area contributed by atoms with Crippen molar-refractivity contribution in [2.45, 2.75) is 49.7 Å². The molecule has 1 aliphatic heterocycles. The van der Waals surface area contributed by atoms with Crippen molar-refractivity contribution in [1.29, 1.82) is 0 Å². The molecule has 1 aliphatic rings. The zero-order valence-corrected chi connectivity index (χ0v) is 15.7. The summed E-state index contributed by atoms with van der Waals surface area (Å²) in [6.07, 6.45) is 2.18. The lowest BCUT2D eigenvalue weighted by atomic mass is 9.97. The van der Waals surface area contributed by atoms with E-state index in [2.05, 4.69) is 34.8 Å². The van der Waals surface area contributed by atoms with Crippen LogP contribution in [0.2, 0.25) is 0 Å². The van der Waals surface area contributed by atoms with E-state index in [9.17, 15) is 4.21 Å². The van der Waals surface area contributed by atoms with Crippen LogP contribution in [0.5, 0.6) is 0 Å². The van der Waals surface area contributed by atoms with Crippen LogP contribution < -0.4 is 4.90 Å². The number of hydrogen-bond donors (Lipinski definition) is 1. The smallest absolute Gasteiger partial charge is 0.202 e. The van der Waals surface area contributed by atoms with Crippen molar-refractivity contribution < 1.29 is 4.21 Å². The first-order chi connectivity index (χ1) is 12.1. The summed E-state index contributed by atoms with van der Waals surface area (Å²) in [5.41, 5.74) is 5.39. The number of aromatic nitrogens is 2. The molecule has 5 heteroatoms. The molecule has 1 N–H and O–H groups in total. The average Bonchev–Trinajstić information content (AvgIpc) is 3.03. The molecular formula is C20H23N3OS. The van der Waals surface area contributed by atoms with Crippen LogP contribution in [0.15, 0.2) is 46.5 Å². The molecule has 2 atom stereocenters. The third-order valence-corrected chi connectivity index (χ3v) is 6.34. The van der Waals surface area contributed by atoms with E-state index < -0.39 is 10.8 Å². The molecule has 130 valence electrons. The van der Waals surface area contributed by atoms with Gasteiger partial charge in [-0.2, -0.15) is 0 Å². The van der Waals surface area contributed by atoms with E-state index in [0.717, 1.165) is 46.6 Å². The van der Waals surface area contributed by atoms with Crippen molar-refractivity contribution in [3.63, 3.8) is 0 Å². The van der Waals surface area contributed by atoms with Crippen LogP contribution in [0, 0.1) is 6.92 Å². The molecule has 25 heavy (non-hydrogen) atoms. The Kier molecular flexibility index (Phi) is 4.12. The molecule has 1 aromatic heterocycles. The summed E-state index contributed by atoms with van der Waals surface area (Å²) in [6, 6.07) is 12.7. The monoisotopic (exact) mass is 353 g/mol. The van der Waals surface area contributed by atoms with Gasteiger partial charge >= 0.3 is 0 Å². The van der Waals surface area contributed by atoms with Crippen molar-refractivity contribution in [1.82, 2.24) is 9.97 Å². The van der Waals surface area contributed by atoms with Gasteiger partial charge in [-0.25, -0.2) is 9.19 Å². The maximum Gasteiger partial charge on any atom is 0.202 e. The van der Waals surface area contributed by atoms with Gasteiger partial charge in [0.25, 0.3) is 0 Å². The highest BCUT2D eigenvalue weighted by Gasteiger charge is 2.27. The average molecular weight is 353 g/mol. The lowest BCUT2D eigenvalue weighted by Gasteiger charge is -2.37. The van der Waals surface area contributed by atoms with Gasteiger partial charge in [0.1, 0.15) is 10.8 Å². The maximum absolute atomic E-state index is 13.3. The molecule has 2 unspecified atom stereocenters. The molecule has 0 saturated heterocycles. The fourth-order valence-electron chi connectivity index (χ4n) is 3.75. The number of rotatable bonds is 3. The molecule has 0 radical (unpaired) electrons. The van der Waals surface area contributed by atoms with Crippen LogP contribution in [0.1, 0.15) is 31.4 Å². The second-order valence-corrected chi connectivity index (χ2v) is 8.13. The first-order valence-electron chi connectivity index (χ1n) is 8.85. The highest BCUT2D eigenvalue weighted by Crippen LogP contribution is 2.36. The molecule has 0 amide bonds. The highest BCUT2D eigenvalue weighted by molar-refractivity contribution is 7.85. The van der Waals surface area contributed by atoms with Crippen molar-refractivity contribution in [3.8, 4) is 0 Å². The van der Waals surface area contributed by atoms with E-state index in [0.29, 0.717) is 11.2 Å². The van der Waals surface area contributed by atoms with Gasteiger partial charge in [-0.15, -0.1) is 0 Å². The van der Waals surface area contributed by atoms with Crippen LogP contribution in [-0.4, -0.2) is 26.8 Å². The molecular weight excluding hydrogens is 330 g/mol. The molecule has 0 aliphatic carbocycles. The van der Waals surface area contributed by atoms with Gasteiger partial charge in [0.05, 0.1) is 21.6 Å². The van der Waals surface area contributed by atoms with Gasteiger partial charge in [-0.3, -0.25) is 0 Å². The summed E-state index contributed by atoms with van der Waals surface area (Å²) in [6.45, 7) is 7.37. The number of aromatic amines is 1. The third-order valence-electron chi connectivity index (χ3n) is 5.06. The largest absolute Gasteiger partial charge is 0.368 e. The van der Waals surface area contributed by atoms with E-state index in [1.165, 1.54) is 5.56 Å². The SMILES string of the molecule is CCN1c2c(cccc2S(=O)c2nc3ccc(C)cc3[nH]2)CCC1C.